The molecule has 2 amide bonds. The minimum absolute atomic E-state index is 0.0448. The Bertz CT molecular complexity index is 272. The van der Waals surface area contributed by atoms with Crippen LogP contribution in [-0.2, 0) is 9.47 Å². The van der Waals surface area contributed by atoms with Gasteiger partial charge in [-0.25, -0.2) is 4.79 Å². The van der Waals surface area contributed by atoms with Crippen LogP contribution in [0.1, 0.15) is 25.7 Å². The first-order valence-electron chi connectivity index (χ1n) is 5.74. The standard InChI is InChI=1S/C11H20N2O3/c1-15-8-11(16-2)5-3-10(4-6-11)7-12-9(14)13-10/h3-8H2,1-2H3,(H2,12,13,14). The number of ether oxygens (including phenoxy) is 2. The fourth-order valence-electron chi connectivity index (χ4n) is 2.74. The molecule has 2 aliphatic rings. The summed E-state index contributed by atoms with van der Waals surface area (Å²) in [4.78, 5) is 11.2. The molecule has 5 nitrogen and oxygen atoms in total. The first-order chi connectivity index (χ1) is 7.64. The van der Waals surface area contributed by atoms with Gasteiger partial charge >= 0.3 is 6.03 Å². The van der Waals surface area contributed by atoms with Crippen LogP contribution in [0.3, 0.4) is 0 Å². The summed E-state index contributed by atoms with van der Waals surface area (Å²) in [5.74, 6) is 0. The third kappa shape index (κ3) is 2.01. The summed E-state index contributed by atoms with van der Waals surface area (Å²) in [7, 11) is 3.44. The Balaban J connectivity index is 1.97. The smallest absolute Gasteiger partial charge is 0.315 e. The van der Waals surface area contributed by atoms with Crippen LogP contribution in [0.25, 0.3) is 0 Å². The lowest BCUT2D eigenvalue weighted by Gasteiger charge is -2.43. The van der Waals surface area contributed by atoms with E-state index in [1.165, 1.54) is 0 Å². The van der Waals surface area contributed by atoms with E-state index in [0.717, 1.165) is 32.2 Å². The van der Waals surface area contributed by atoms with Gasteiger partial charge in [-0.05, 0) is 25.7 Å². The van der Waals surface area contributed by atoms with E-state index in [0.29, 0.717) is 6.61 Å². The van der Waals surface area contributed by atoms with Gasteiger partial charge in [0.25, 0.3) is 0 Å². The van der Waals surface area contributed by atoms with E-state index < -0.39 is 0 Å². The van der Waals surface area contributed by atoms with E-state index in [4.69, 9.17) is 9.47 Å². The molecule has 0 aromatic heterocycles. The minimum Gasteiger partial charge on any atom is -0.382 e. The molecule has 0 atom stereocenters. The molecule has 1 aliphatic heterocycles. The van der Waals surface area contributed by atoms with Gasteiger partial charge in [0.15, 0.2) is 0 Å². The van der Waals surface area contributed by atoms with Gasteiger partial charge in [0.2, 0.25) is 0 Å². The summed E-state index contributed by atoms with van der Waals surface area (Å²) in [5.41, 5.74) is -0.208. The molecule has 1 saturated heterocycles. The van der Waals surface area contributed by atoms with Crippen LogP contribution in [0.5, 0.6) is 0 Å². The van der Waals surface area contributed by atoms with Crippen LogP contribution in [0, 0.1) is 0 Å². The van der Waals surface area contributed by atoms with E-state index in [-0.39, 0.29) is 17.2 Å². The van der Waals surface area contributed by atoms with Crippen molar-refractivity contribution < 1.29 is 14.3 Å². The average molecular weight is 228 g/mol. The fourth-order valence-corrected chi connectivity index (χ4v) is 2.74. The van der Waals surface area contributed by atoms with Gasteiger partial charge in [-0.2, -0.15) is 0 Å². The maximum atomic E-state index is 11.2. The molecule has 1 spiro atoms. The van der Waals surface area contributed by atoms with Crippen molar-refractivity contribution in [2.24, 2.45) is 0 Å². The zero-order valence-corrected chi connectivity index (χ0v) is 9.97. The van der Waals surface area contributed by atoms with Gasteiger partial charge < -0.3 is 20.1 Å². The molecule has 5 heteroatoms. The van der Waals surface area contributed by atoms with Gasteiger partial charge in [0, 0.05) is 20.8 Å². The second-order valence-corrected chi connectivity index (χ2v) is 4.91. The van der Waals surface area contributed by atoms with Gasteiger partial charge in [-0.15, -0.1) is 0 Å². The topological polar surface area (TPSA) is 59.6 Å². The third-order valence-electron chi connectivity index (χ3n) is 3.92. The van der Waals surface area contributed by atoms with Crippen molar-refractivity contribution in [1.82, 2.24) is 10.6 Å². The molecule has 16 heavy (non-hydrogen) atoms. The predicted octanol–water partition coefficient (Wildman–Crippen LogP) is 0.644. The summed E-state index contributed by atoms with van der Waals surface area (Å²) in [6, 6.07) is -0.0448. The highest BCUT2D eigenvalue weighted by atomic mass is 16.5. The molecular weight excluding hydrogens is 208 g/mol. The molecule has 2 N–H and O–H groups in total. The number of rotatable bonds is 3. The second-order valence-electron chi connectivity index (χ2n) is 4.91. The van der Waals surface area contributed by atoms with Crippen LogP contribution >= 0.6 is 0 Å². The molecule has 2 rings (SSSR count). The Kier molecular flexibility index (Phi) is 3.08. The molecule has 0 unspecified atom stereocenters. The Morgan fingerprint density at radius 3 is 2.38 bits per heavy atom. The Hall–Kier alpha value is -0.810. The van der Waals surface area contributed by atoms with Crippen molar-refractivity contribution >= 4 is 6.03 Å². The summed E-state index contributed by atoms with van der Waals surface area (Å²) >= 11 is 0. The van der Waals surface area contributed by atoms with Gasteiger partial charge in [0.05, 0.1) is 17.7 Å². The van der Waals surface area contributed by atoms with Gasteiger partial charge in [0.1, 0.15) is 0 Å². The molecule has 1 saturated carbocycles. The van der Waals surface area contributed by atoms with Crippen molar-refractivity contribution in [3.63, 3.8) is 0 Å². The zero-order valence-electron chi connectivity index (χ0n) is 9.97. The van der Waals surface area contributed by atoms with Crippen LogP contribution in [-0.4, -0.2) is 44.5 Å². The van der Waals surface area contributed by atoms with Crippen molar-refractivity contribution in [1.29, 1.82) is 0 Å². The number of carbonyl (C=O) groups excluding carboxylic acids is 1. The van der Waals surface area contributed by atoms with Crippen LogP contribution in [0.4, 0.5) is 4.79 Å². The van der Waals surface area contributed by atoms with Crippen LogP contribution in [0.15, 0.2) is 0 Å². The number of amides is 2. The molecule has 0 aromatic carbocycles. The van der Waals surface area contributed by atoms with Gasteiger partial charge in [-0.1, -0.05) is 0 Å². The molecule has 0 radical (unpaired) electrons. The quantitative estimate of drug-likeness (QED) is 0.745. The number of nitrogens with one attached hydrogen (secondary N) is 2. The fraction of sp³-hybridized carbons (Fsp3) is 0.909. The normalized spacial score (nSPS) is 38.5. The van der Waals surface area contributed by atoms with Crippen molar-refractivity contribution in [3.05, 3.63) is 0 Å². The number of hydrogen-bond donors (Lipinski definition) is 2. The monoisotopic (exact) mass is 228 g/mol. The third-order valence-corrected chi connectivity index (χ3v) is 3.92. The van der Waals surface area contributed by atoms with E-state index in [1.807, 2.05) is 0 Å². The molecule has 1 aliphatic carbocycles. The van der Waals surface area contributed by atoms with Gasteiger partial charge in [-0.3, -0.25) is 0 Å². The molecule has 92 valence electrons. The Morgan fingerprint density at radius 2 is 1.94 bits per heavy atom. The highest BCUT2D eigenvalue weighted by Crippen LogP contribution is 2.38. The first-order valence-corrected chi connectivity index (χ1v) is 5.74. The van der Waals surface area contributed by atoms with E-state index in [9.17, 15) is 4.79 Å². The van der Waals surface area contributed by atoms with Crippen molar-refractivity contribution in [2.45, 2.75) is 36.8 Å². The molecule has 1 heterocycles. The van der Waals surface area contributed by atoms with Crippen LogP contribution < -0.4 is 10.6 Å². The number of carbonyl (C=O) groups is 1. The lowest BCUT2D eigenvalue weighted by Crippen LogP contribution is -2.52. The van der Waals surface area contributed by atoms with Crippen LogP contribution in [0.2, 0.25) is 0 Å². The average Bonchev–Trinajstić information content (AvgIpc) is 2.65. The summed E-state index contributed by atoms with van der Waals surface area (Å²) in [5, 5.41) is 5.86. The maximum absolute atomic E-state index is 11.2. The Morgan fingerprint density at radius 1 is 1.25 bits per heavy atom. The lowest BCUT2D eigenvalue weighted by atomic mass is 9.74. The van der Waals surface area contributed by atoms with E-state index in [1.54, 1.807) is 14.2 Å². The minimum atomic E-state index is -0.159. The number of urea groups is 1. The SMILES string of the molecule is COCC1(OC)CCC2(CC1)CNC(=O)N2. The summed E-state index contributed by atoms with van der Waals surface area (Å²) in [6.45, 7) is 1.36. The lowest BCUT2D eigenvalue weighted by molar-refractivity contribution is -0.0960. The molecule has 0 bridgehead atoms. The highest BCUT2D eigenvalue weighted by molar-refractivity contribution is 5.77. The summed E-state index contributed by atoms with van der Waals surface area (Å²) < 4.78 is 10.8. The molecular formula is C11H20N2O3. The first kappa shape index (κ1) is 11.7. The van der Waals surface area contributed by atoms with Crippen molar-refractivity contribution in [3.8, 4) is 0 Å². The maximum Gasteiger partial charge on any atom is 0.315 e. The Labute approximate surface area is 95.9 Å². The predicted molar refractivity (Wildman–Crippen MR) is 59.3 cm³/mol. The number of hydrogen-bond acceptors (Lipinski definition) is 3. The second kappa shape index (κ2) is 4.22. The van der Waals surface area contributed by atoms with Crippen molar-refractivity contribution in [2.75, 3.05) is 27.4 Å². The summed E-state index contributed by atoms with van der Waals surface area (Å²) in [6.07, 6.45) is 3.75. The largest absolute Gasteiger partial charge is 0.382 e. The highest BCUT2D eigenvalue weighted by Gasteiger charge is 2.46. The van der Waals surface area contributed by atoms with E-state index in [2.05, 4.69) is 10.6 Å². The zero-order chi connectivity index (χ0) is 11.6. The number of methoxy groups -OCH3 is 2. The van der Waals surface area contributed by atoms with E-state index >= 15 is 0 Å². The molecule has 2 fully saturated rings. The molecule has 0 aromatic rings.